The monoisotopic (exact) mass is 570 g/mol. The summed E-state index contributed by atoms with van der Waals surface area (Å²) in [5.74, 6) is -0.115. The molecular weight excluding hydrogens is 540 g/mol. The highest BCUT2D eigenvalue weighted by Crippen LogP contribution is 2.28. The predicted molar refractivity (Wildman–Crippen MR) is 148 cm³/mol. The molecule has 0 bridgehead atoms. The Labute approximate surface area is 226 Å². The van der Waals surface area contributed by atoms with E-state index in [1.54, 1.807) is 23.1 Å². The number of halogens is 2. The van der Waals surface area contributed by atoms with Crippen LogP contribution in [0.5, 0.6) is 5.75 Å². The number of nitrogens with one attached hydrogen (secondary N) is 1. The largest absolute Gasteiger partial charge is 0.482 e. The van der Waals surface area contributed by atoms with Crippen molar-refractivity contribution in [2.75, 3.05) is 6.61 Å². The van der Waals surface area contributed by atoms with E-state index in [9.17, 15) is 9.59 Å². The molecule has 0 aromatic heterocycles. The molecule has 0 aliphatic carbocycles. The Bertz CT molecular complexity index is 1180. The number of ether oxygens (including phenoxy) is 1. The van der Waals surface area contributed by atoms with Crippen molar-refractivity contribution in [1.82, 2.24) is 10.2 Å². The average Bonchev–Trinajstić information content (AvgIpc) is 2.81. The highest BCUT2D eigenvalue weighted by molar-refractivity contribution is 9.10. The number of carbonyl (C=O) groups is 2. The summed E-state index contributed by atoms with van der Waals surface area (Å²) in [5, 5.41) is 3.46. The number of carbonyl (C=O) groups excluding carboxylic acids is 2. The molecule has 0 spiro atoms. The van der Waals surface area contributed by atoms with Gasteiger partial charge in [0.2, 0.25) is 5.91 Å². The van der Waals surface area contributed by atoms with Gasteiger partial charge in [-0.05, 0) is 57.0 Å². The molecule has 0 saturated heterocycles. The van der Waals surface area contributed by atoms with Crippen LogP contribution in [0, 0.1) is 6.92 Å². The minimum absolute atomic E-state index is 0.214. The SMILES string of the molecule is Cc1ccc(CN(C(=O)COc2ccc(Br)cc2Cl)[C@H](Cc2ccccc2)C(=O)NC(C)(C)C)cc1. The van der Waals surface area contributed by atoms with Crippen LogP contribution in [0.1, 0.15) is 37.5 Å². The molecule has 1 atom stereocenters. The van der Waals surface area contributed by atoms with Crippen LogP contribution < -0.4 is 10.1 Å². The second kappa shape index (κ2) is 12.4. The van der Waals surface area contributed by atoms with Crippen molar-refractivity contribution in [3.8, 4) is 5.75 Å². The van der Waals surface area contributed by atoms with Crippen molar-refractivity contribution >= 4 is 39.3 Å². The number of aryl methyl sites for hydroxylation is 1. The third kappa shape index (κ3) is 8.38. The maximum absolute atomic E-state index is 13.6. The fourth-order valence-electron chi connectivity index (χ4n) is 3.71. The van der Waals surface area contributed by atoms with Crippen LogP contribution in [0.2, 0.25) is 5.02 Å². The molecule has 0 radical (unpaired) electrons. The topological polar surface area (TPSA) is 58.6 Å². The number of nitrogens with zero attached hydrogens (tertiary/aromatic N) is 1. The summed E-state index contributed by atoms with van der Waals surface area (Å²) in [6.07, 6.45) is 0.374. The molecule has 3 aromatic rings. The number of hydrogen-bond acceptors (Lipinski definition) is 3. The van der Waals surface area contributed by atoms with E-state index in [2.05, 4.69) is 21.2 Å². The van der Waals surface area contributed by atoms with Crippen molar-refractivity contribution in [3.05, 3.63) is 99.0 Å². The number of rotatable bonds is 9. The first-order valence-corrected chi connectivity index (χ1v) is 13.0. The van der Waals surface area contributed by atoms with Gasteiger partial charge in [0.25, 0.3) is 5.91 Å². The fraction of sp³-hybridized carbons (Fsp3) is 0.310. The van der Waals surface area contributed by atoms with E-state index >= 15 is 0 Å². The number of benzene rings is 3. The lowest BCUT2D eigenvalue weighted by atomic mass is 10.0. The summed E-state index contributed by atoms with van der Waals surface area (Å²) in [7, 11) is 0. The molecule has 0 aliphatic rings. The summed E-state index contributed by atoms with van der Waals surface area (Å²) in [6.45, 7) is 7.81. The minimum Gasteiger partial charge on any atom is -0.482 e. The zero-order valence-electron chi connectivity index (χ0n) is 21.1. The average molecular weight is 572 g/mol. The van der Waals surface area contributed by atoms with Crippen LogP contribution >= 0.6 is 27.5 Å². The van der Waals surface area contributed by atoms with Crippen LogP contribution in [0.4, 0.5) is 0 Å². The Balaban J connectivity index is 1.93. The second-order valence-corrected chi connectivity index (χ2v) is 11.1. The van der Waals surface area contributed by atoms with Crippen molar-refractivity contribution in [2.24, 2.45) is 0 Å². The first kappa shape index (κ1) is 27.8. The molecule has 190 valence electrons. The smallest absolute Gasteiger partial charge is 0.261 e. The van der Waals surface area contributed by atoms with Crippen LogP contribution in [0.3, 0.4) is 0 Å². The zero-order chi connectivity index (χ0) is 26.3. The molecule has 0 aliphatic heterocycles. The summed E-state index contributed by atoms with van der Waals surface area (Å²) < 4.78 is 6.61. The van der Waals surface area contributed by atoms with Gasteiger partial charge < -0.3 is 15.0 Å². The lowest BCUT2D eigenvalue weighted by molar-refractivity contribution is -0.143. The van der Waals surface area contributed by atoms with Gasteiger partial charge in [0.1, 0.15) is 11.8 Å². The predicted octanol–water partition coefficient (Wildman–Crippen LogP) is 6.34. The standard InChI is InChI=1S/C29H32BrClN2O3/c1-20-10-12-22(13-11-20)18-33(27(34)19-36-26-15-14-23(30)17-24(26)31)25(28(35)32-29(2,3)4)16-21-8-6-5-7-9-21/h5-15,17,25H,16,18-19H2,1-4H3,(H,32,35)/t25-/m1/s1. The first-order chi connectivity index (χ1) is 17.0. The molecule has 5 nitrogen and oxygen atoms in total. The van der Waals surface area contributed by atoms with Gasteiger partial charge in [-0.3, -0.25) is 9.59 Å². The van der Waals surface area contributed by atoms with Crippen LogP contribution in [-0.4, -0.2) is 34.9 Å². The van der Waals surface area contributed by atoms with Crippen molar-refractivity contribution in [1.29, 1.82) is 0 Å². The molecule has 0 fully saturated rings. The molecule has 3 aromatic carbocycles. The van der Waals surface area contributed by atoms with E-state index in [1.165, 1.54) is 0 Å². The Hall–Kier alpha value is -2.83. The number of hydrogen-bond donors (Lipinski definition) is 1. The maximum Gasteiger partial charge on any atom is 0.261 e. The lowest BCUT2D eigenvalue weighted by Gasteiger charge is -2.33. The van der Waals surface area contributed by atoms with E-state index in [1.807, 2.05) is 82.3 Å². The van der Waals surface area contributed by atoms with Gasteiger partial charge >= 0.3 is 0 Å². The van der Waals surface area contributed by atoms with E-state index in [4.69, 9.17) is 16.3 Å². The highest BCUT2D eigenvalue weighted by atomic mass is 79.9. The molecule has 36 heavy (non-hydrogen) atoms. The summed E-state index contributed by atoms with van der Waals surface area (Å²) >= 11 is 9.66. The normalized spacial score (nSPS) is 12.1. The zero-order valence-corrected chi connectivity index (χ0v) is 23.4. The molecule has 0 saturated carbocycles. The highest BCUT2D eigenvalue weighted by Gasteiger charge is 2.32. The Morgan fingerprint density at radius 3 is 2.28 bits per heavy atom. The Morgan fingerprint density at radius 2 is 1.67 bits per heavy atom. The fourth-order valence-corrected chi connectivity index (χ4v) is 4.44. The number of amides is 2. The Kier molecular flexibility index (Phi) is 9.57. The van der Waals surface area contributed by atoms with Gasteiger partial charge in [-0.1, -0.05) is 87.7 Å². The van der Waals surface area contributed by atoms with E-state index in [-0.39, 0.29) is 25.0 Å². The van der Waals surface area contributed by atoms with E-state index < -0.39 is 11.6 Å². The molecule has 1 N–H and O–H groups in total. The van der Waals surface area contributed by atoms with Gasteiger partial charge in [0.15, 0.2) is 6.61 Å². The molecule has 7 heteroatoms. The second-order valence-electron chi connectivity index (χ2n) is 9.82. The van der Waals surface area contributed by atoms with Gasteiger partial charge in [0.05, 0.1) is 5.02 Å². The van der Waals surface area contributed by atoms with Crippen LogP contribution in [0.25, 0.3) is 0 Å². The maximum atomic E-state index is 13.6. The first-order valence-electron chi connectivity index (χ1n) is 11.8. The van der Waals surface area contributed by atoms with Gasteiger partial charge in [0, 0.05) is 23.0 Å². The van der Waals surface area contributed by atoms with Crippen molar-refractivity contribution in [2.45, 2.75) is 52.2 Å². The molecule has 0 heterocycles. The van der Waals surface area contributed by atoms with Crippen molar-refractivity contribution < 1.29 is 14.3 Å². The lowest BCUT2D eigenvalue weighted by Crippen LogP contribution is -2.55. The van der Waals surface area contributed by atoms with Crippen molar-refractivity contribution in [3.63, 3.8) is 0 Å². The molecular formula is C29H32BrClN2O3. The molecule has 0 unspecified atom stereocenters. The van der Waals surface area contributed by atoms with Crippen LogP contribution in [0.15, 0.2) is 77.3 Å². The summed E-state index contributed by atoms with van der Waals surface area (Å²) in [5.41, 5.74) is 2.56. The minimum atomic E-state index is -0.732. The van der Waals surface area contributed by atoms with Gasteiger partial charge in [-0.2, -0.15) is 0 Å². The van der Waals surface area contributed by atoms with Gasteiger partial charge in [-0.15, -0.1) is 0 Å². The van der Waals surface area contributed by atoms with Crippen LogP contribution in [-0.2, 0) is 22.6 Å². The summed E-state index contributed by atoms with van der Waals surface area (Å²) in [4.78, 5) is 28.8. The Morgan fingerprint density at radius 1 is 1.00 bits per heavy atom. The van der Waals surface area contributed by atoms with E-state index in [0.717, 1.165) is 21.2 Å². The molecule has 3 rings (SSSR count). The van der Waals surface area contributed by atoms with E-state index in [0.29, 0.717) is 17.2 Å². The quantitative estimate of drug-likeness (QED) is 0.326. The third-order valence-corrected chi connectivity index (χ3v) is 6.28. The molecule has 2 amide bonds. The van der Waals surface area contributed by atoms with Gasteiger partial charge in [-0.25, -0.2) is 0 Å². The third-order valence-electron chi connectivity index (χ3n) is 5.49. The summed E-state index contributed by atoms with van der Waals surface area (Å²) in [6, 6.07) is 22.1.